The van der Waals surface area contributed by atoms with Crippen LogP contribution in [-0.4, -0.2) is 37.7 Å². The first-order chi connectivity index (χ1) is 17.4. The van der Waals surface area contributed by atoms with Crippen LogP contribution in [0.1, 0.15) is 29.0 Å². The molecule has 0 saturated heterocycles. The Bertz CT molecular complexity index is 1700. The molecule has 0 aliphatic heterocycles. The molecule has 2 N–H and O–H groups in total. The highest BCUT2D eigenvalue weighted by Crippen LogP contribution is 2.38. The number of hydrogen-bond acceptors (Lipinski definition) is 7. The van der Waals surface area contributed by atoms with E-state index < -0.39 is 16.0 Å². The minimum absolute atomic E-state index is 0.0208. The lowest BCUT2D eigenvalue weighted by molar-refractivity contribution is 0.0492. The van der Waals surface area contributed by atoms with Crippen molar-refractivity contribution < 1.29 is 27.5 Å². The summed E-state index contributed by atoms with van der Waals surface area (Å²) in [6.45, 7) is 1.85. The van der Waals surface area contributed by atoms with E-state index in [-0.39, 0.29) is 23.7 Å². The molecule has 2 aromatic heterocycles. The molecule has 3 aromatic carbocycles. The highest BCUT2D eigenvalue weighted by molar-refractivity contribution is 7.93. The Hall–Kier alpha value is -3.95. The van der Waals surface area contributed by atoms with E-state index in [1.165, 1.54) is 6.07 Å². The smallest absolute Gasteiger partial charge is 0.342 e. The van der Waals surface area contributed by atoms with Gasteiger partial charge in [0.05, 0.1) is 17.8 Å². The third-order valence-electron chi connectivity index (χ3n) is 5.99. The van der Waals surface area contributed by atoms with Gasteiger partial charge in [0.15, 0.2) is 0 Å². The second-order valence-electron chi connectivity index (χ2n) is 8.38. The summed E-state index contributed by atoms with van der Waals surface area (Å²) in [7, 11) is -4.03. The Balaban J connectivity index is 1.63. The zero-order chi connectivity index (χ0) is 25.3. The van der Waals surface area contributed by atoms with Gasteiger partial charge in [-0.15, -0.1) is 0 Å². The summed E-state index contributed by atoms with van der Waals surface area (Å²) in [6.07, 6.45) is 2.61. The number of sulfonamides is 1. The molecule has 5 rings (SSSR count). The summed E-state index contributed by atoms with van der Waals surface area (Å²) in [6, 6.07) is 17.4. The highest BCUT2D eigenvalue weighted by atomic mass is 32.2. The Labute approximate surface area is 207 Å². The number of furan rings is 1. The van der Waals surface area contributed by atoms with E-state index in [9.17, 15) is 13.2 Å². The average molecular weight is 505 g/mol. The standard InChI is InChI=1S/C27H24N2O6S/c1-17-24(27(31)34-15-5-4-14-30)21-16-22(19-10-2-3-11-20(19)26(21)35-17)29-36(32,33)23-12-6-8-18-9-7-13-28-25(18)23/h2-3,6-13,16,29-30H,4-5,14-15H2,1H3. The topological polar surface area (TPSA) is 119 Å². The van der Waals surface area contributed by atoms with Crippen LogP contribution < -0.4 is 4.72 Å². The number of pyridine rings is 1. The van der Waals surface area contributed by atoms with Crippen molar-refractivity contribution in [3.8, 4) is 0 Å². The Morgan fingerprint density at radius 3 is 2.61 bits per heavy atom. The minimum atomic E-state index is -4.03. The van der Waals surface area contributed by atoms with Gasteiger partial charge in [-0.3, -0.25) is 9.71 Å². The fourth-order valence-corrected chi connectivity index (χ4v) is 5.57. The zero-order valence-electron chi connectivity index (χ0n) is 19.5. The van der Waals surface area contributed by atoms with Crippen LogP contribution in [0.3, 0.4) is 0 Å². The molecule has 0 unspecified atom stereocenters. The van der Waals surface area contributed by atoms with Crippen LogP contribution in [0.15, 0.2) is 76.2 Å². The number of hydrogen-bond donors (Lipinski definition) is 2. The molecule has 0 aliphatic carbocycles. The van der Waals surface area contributed by atoms with Gasteiger partial charge < -0.3 is 14.3 Å². The Morgan fingerprint density at radius 2 is 1.81 bits per heavy atom. The lowest BCUT2D eigenvalue weighted by atomic mass is 10.0. The number of fused-ring (bicyclic) bond motifs is 4. The van der Waals surface area contributed by atoms with Gasteiger partial charge in [0.2, 0.25) is 0 Å². The van der Waals surface area contributed by atoms with E-state index in [0.29, 0.717) is 56.9 Å². The first-order valence-corrected chi connectivity index (χ1v) is 13.0. The number of carbonyl (C=O) groups excluding carboxylic acids is 1. The van der Waals surface area contributed by atoms with Crippen molar-refractivity contribution in [1.29, 1.82) is 0 Å². The number of anilines is 1. The van der Waals surface area contributed by atoms with Gasteiger partial charge in [-0.1, -0.05) is 42.5 Å². The van der Waals surface area contributed by atoms with Gasteiger partial charge in [0.25, 0.3) is 10.0 Å². The number of aromatic nitrogens is 1. The van der Waals surface area contributed by atoms with Gasteiger partial charge in [0.1, 0.15) is 21.8 Å². The molecular weight excluding hydrogens is 480 g/mol. The molecular formula is C27H24N2O6S. The molecule has 9 heteroatoms. The molecule has 0 saturated carbocycles. The maximum atomic E-state index is 13.5. The first-order valence-electron chi connectivity index (χ1n) is 11.5. The lowest BCUT2D eigenvalue weighted by Crippen LogP contribution is -2.14. The third kappa shape index (κ3) is 4.27. The van der Waals surface area contributed by atoms with E-state index in [2.05, 4.69) is 9.71 Å². The van der Waals surface area contributed by atoms with Crippen molar-refractivity contribution >= 4 is 54.3 Å². The number of aliphatic hydroxyl groups is 1. The molecule has 0 bridgehead atoms. The SMILES string of the molecule is Cc1oc2c(cc(NS(=O)(=O)c3cccc4cccnc34)c3ccccc32)c1C(=O)OCCCCO. The maximum absolute atomic E-state index is 13.5. The normalized spacial score (nSPS) is 11.8. The zero-order valence-corrected chi connectivity index (χ0v) is 20.3. The number of nitrogens with zero attached hydrogens (tertiary/aromatic N) is 1. The number of carbonyl (C=O) groups is 1. The molecule has 36 heavy (non-hydrogen) atoms. The molecule has 0 fully saturated rings. The van der Waals surface area contributed by atoms with Crippen LogP contribution in [-0.2, 0) is 14.8 Å². The Morgan fingerprint density at radius 1 is 1.03 bits per heavy atom. The quantitative estimate of drug-likeness (QED) is 0.221. The van der Waals surface area contributed by atoms with E-state index in [1.807, 2.05) is 12.1 Å². The van der Waals surface area contributed by atoms with Crippen molar-refractivity contribution in [2.75, 3.05) is 17.9 Å². The Kier molecular flexibility index (Phi) is 6.34. The molecule has 0 spiro atoms. The van der Waals surface area contributed by atoms with E-state index >= 15 is 0 Å². The molecule has 0 radical (unpaired) electrons. The molecule has 8 nitrogen and oxygen atoms in total. The number of esters is 1. The van der Waals surface area contributed by atoms with Crippen molar-refractivity contribution in [2.45, 2.75) is 24.7 Å². The number of aryl methyl sites for hydroxylation is 1. The number of nitrogens with one attached hydrogen (secondary N) is 1. The molecule has 184 valence electrons. The molecule has 0 aliphatic rings. The summed E-state index contributed by atoms with van der Waals surface area (Å²) in [4.78, 5) is 17.2. The van der Waals surface area contributed by atoms with E-state index in [0.717, 1.165) is 0 Å². The first kappa shape index (κ1) is 23.8. The van der Waals surface area contributed by atoms with Crippen molar-refractivity contribution in [3.05, 3.63) is 78.2 Å². The molecule has 0 amide bonds. The van der Waals surface area contributed by atoms with Gasteiger partial charge in [-0.05, 0) is 38.0 Å². The van der Waals surface area contributed by atoms with Gasteiger partial charge in [-0.25, -0.2) is 13.2 Å². The van der Waals surface area contributed by atoms with Crippen LogP contribution in [0.2, 0.25) is 0 Å². The van der Waals surface area contributed by atoms with Crippen LogP contribution in [0, 0.1) is 6.92 Å². The fourth-order valence-electron chi connectivity index (χ4n) is 4.32. The van der Waals surface area contributed by atoms with Crippen LogP contribution in [0.5, 0.6) is 0 Å². The maximum Gasteiger partial charge on any atom is 0.342 e. The number of para-hydroxylation sites is 1. The van der Waals surface area contributed by atoms with Gasteiger partial charge in [-0.2, -0.15) is 0 Å². The predicted octanol–water partition coefficient (Wildman–Crippen LogP) is 5.17. The number of benzene rings is 3. The predicted molar refractivity (Wildman–Crippen MR) is 138 cm³/mol. The molecule has 5 aromatic rings. The molecule has 0 atom stereocenters. The monoisotopic (exact) mass is 504 g/mol. The lowest BCUT2D eigenvalue weighted by Gasteiger charge is -2.13. The van der Waals surface area contributed by atoms with Crippen LogP contribution >= 0.6 is 0 Å². The third-order valence-corrected chi connectivity index (χ3v) is 7.39. The second-order valence-corrected chi connectivity index (χ2v) is 10.0. The summed E-state index contributed by atoms with van der Waals surface area (Å²) in [5.74, 6) is -0.188. The largest absolute Gasteiger partial charge is 0.462 e. The summed E-state index contributed by atoms with van der Waals surface area (Å²) >= 11 is 0. The highest BCUT2D eigenvalue weighted by Gasteiger charge is 2.25. The summed E-state index contributed by atoms with van der Waals surface area (Å²) in [5, 5.41) is 11.4. The van der Waals surface area contributed by atoms with Crippen molar-refractivity contribution in [2.24, 2.45) is 0 Å². The fraction of sp³-hybridized carbons (Fsp3) is 0.185. The van der Waals surface area contributed by atoms with Crippen molar-refractivity contribution in [3.63, 3.8) is 0 Å². The van der Waals surface area contributed by atoms with Crippen LogP contribution in [0.4, 0.5) is 5.69 Å². The van der Waals surface area contributed by atoms with E-state index in [4.69, 9.17) is 14.3 Å². The summed E-state index contributed by atoms with van der Waals surface area (Å²) < 4.78 is 41.1. The number of ether oxygens (including phenoxy) is 1. The minimum Gasteiger partial charge on any atom is -0.462 e. The second kappa shape index (κ2) is 9.60. The van der Waals surface area contributed by atoms with Crippen LogP contribution in [0.25, 0.3) is 32.6 Å². The molecule has 2 heterocycles. The number of rotatable bonds is 8. The average Bonchev–Trinajstić information content (AvgIpc) is 3.22. The van der Waals surface area contributed by atoms with Gasteiger partial charge in [0, 0.05) is 34.3 Å². The number of aliphatic hydroxyl groups excluding tert-OH is 1. The summed E-state index contributed by atoms with van der Waals surface area (Å²) in [5.41, 5.74) is 1.39. The number of unbranched alkanes of at least 4 members (excludes halogenated alkanes) is 1. The van der Waals surface area contributed by atoms with Gasteiger partial charge >= 0.3 is 5.97 Å². The van der Waals surface area contributed by atoms with E-state index in [1.54, 1.807) is 55.6 Å². The van der Waals surface area contributed by atoms with Crippen molar-refractivity contribution in [1.82, 2.24) is 4.98 Å².